The van der Waals surface area contributed by atoms with Crippen molar-refractivity contribution in [3.63, 3.8) is 0 Å². The Bertz CT molecular complexity index is 447. The molecule has 2 rings (SSSR count). The predicted octanol–water partition coefficient (Wildman–Crippen LogP) is 2.74. The van der Waals surface area contributed by atoms with Crippen LogP contribution in [0.5, 0.6) is 0 Å². The van der Waals surface area contributed by atoms with E-state index < -0.39 is 27.4 Å². The van der Waals surface area contributed by atoms with E-state index in [1.165, 1.54) is 14.2 Å². The van der Waals surface area contributed by atoms with Crippen molar-refractivity contribution in [2.24, 2.45) is 5.92 Å². The molecule has 18 heavy (non-hydrogen) atoms. The van der Waals surface area contributed by atoms with Crippen LogP contribution in [0.4, 0.5) is 0 Å². The minimum absolute atomic E-state index is 0.0237. The number of halogens is 4. The first-order chi connectivity index (χ1) is 8.23. The smallest absolute Gasteiger partial charge is 0.308 e. The lowest BCUT2D eigenvalue weighted by atomic mass is 9.91. The summed E-state index contributed by atoms with van der Waals surface area (Å²) >= 11 is 25.0. The SMILES string of the molecule is COC1(OC)C2(Cl)CC(C(=O)O)C1(Cl)C(Cl)=C2Cl. The molecule has 0 spiro atoms. The number of hydrogen-bond acceptors (Lipinski definition) is 3. The Labute approximate surface area is 124 Å². The van der Waals surface area contributed by atoms with E-state index in [4.69, 9.17) is 55.9 Å². The van der Waals surface area contributed by atoms with Crippen molar-refractivity contribution in [2.45, 2.75) is 22.0 Å². The van der Waals surface area contributed by atoms with Crippen molar-refractivity contribution < 1.29 is 19.4 Å². The van der Waals surface area contributed by atoms with Gasteiger partial charge in [-0.25, -0.2) is 0 Å². The average Bonchev–Trinajstić information content (AvgIpc) is 2.60. The molecule has 0 aliphatic heterocycles. The van der Waals surface area contributed by atoms with Gasteiger partial charge < -0.3 is 14.6 Å². The van der Waals surface area contributed by atoms with E-state index in [-0.39, 0.29) is 16.5 Å². The van der Waals surface area contributed by atoms with E-state index in [2.05, 4.69) is 0 Å². The Morgan fingerprint density at radius 3 is 2.11 bits per heavy atom. The minimum atomic E-state index is -1.64. The first-order valence-corrected chi connectivity index (χ1v) is 6.51. The van der Waals surface area contributed by atoms with Gasteiger partial charge in [-0.15, -0.1) is 23.2 Å². The average molecular weight is 336 g/mol. The maximum absolute atomic E-state index is 11.3. The van der Waals surface area contributed by atoms with Gasteiger partial charge in [0.2, 0.25) is 5.79 Å². The van der Waals surface area contributed by atoms with Crippen LogP contribution >= 0.6 is 46.4 Å². The molecule has 0 saturated heterocycles. The monoisotopic (exact) mass is 334 g/mol. The third-order valence-corrected chi connectivity index (χ3v) is 6.28. The maximum atomic E-state index is 11.3. The van der Waals surface area contributed by atoms with Crippen molar-refractivity contribution in [1.29, 1.82) is 0 Å². The van der Waals surface area contributed by atoms with Gasteiger partial charge >= 0.3 is 5.97 Å². The minimum Gasteiger partial charge on any atom is -0.481 e. The lowest BCUT2D eigenvalue weighted by molar-refractivity contribution is -0.219. The number of carboxylic acid groups (broad SMARTS) is 1. The van der Waals surface area contributed by atoms with Crippen LogP contribution < -0.4 is 0 Å². The normalized spacial score (nSPS) is 41.6. The summed E-state index contributed by atoms with van der Waals surface area (Å²) in [6.45, 7) is 0. The summed E-state index contributed by atoms with van der Waals surface area (Å²) in [5, 5.41) is 9.30. The lowest BCUT2D eigenvalue weighted by Gasteiger charge is -2.40. The van der Waals surface area contributed by atoms with Crippen molar-refractivity contribution >= 4 is 52.4 Å². The van der Waals surface area contributed by atoms with Gasteiger partial charge in [-0.2, -0.15) is 0 Å². The fourth-order valence-electron chi connectivity index (χ4n) is 2.90. The molecule has 0 heterocycles. The first kappa shape index (κ1) is 14.7. The number of carbonyl (C=O) groups is 1. The topological polar surface area (TPSA) is 55.8 Å². The van der Waals surface area contributed by atoms with Crippen LogP contribution in [0.2, 0.25) is 0 Å². The number of methoxy groups -OCH3 is 2. The van der Waals surface area contributed by atoms with Gasteiger partial charge in [0.15, 0.2) is 4.87 Å². The molecule has 2 aliphatic rings. The first-order valence-electron chi connectivity index (χ1n) is 5.00. The second kappa shape index (κ2) is 4.14. The second-order valence-corrected chi connectivity index (χ2v) is 6.26. The van der Waals surface area contributed by atoms with Crippen LogP contribution in [0, 0.1) is 5.92 Å². The molecule has 3 unspecified atom stereocenters. The molecule has 0 radical (unpaired) electrons. The highest BCUT2D eigenvalue weighted by Gasteiger charge is 2.82. The number of rotatable bonds is 3. The molecule has 4 nitrogen and oxygen atoms in total. The van der Waals surface area contributed by atoms with E-state index in [1.54, 1.807) is 0 Å². The number of carboxylic acids is 1. The van der Waals surface area contributed by atoms with Crippen LogP contribution in [0.15, 0.2) is 10.1 Å². The molecule has 2 bridgehead atoms. The molecule has 0 aromatic rings. The van der Waals surface area contributed by atoms with E-state index in [0.717, 1.165) is 0 Å². The zero-order chi connectivity index (χ0) is 13.9. The van der Waals surface area contributed by atoms with Crippen LogP contribution in [0.25, 0.3) is 0 Å². The Balaban J connectivity index is 2.73. The van der Waals surface area contributed by atoms with E-state index in [9.17, 15) is 9.90 Å². The molecular weight excluding hydrogens is 326 g/mol. The van der Waals surface area contributed by atoms with Crippen molar-refractivity contribution in [1.82, 2.24) is 0 Å². The van der Waals surface area contributed by atoms with Crippen LogP contribution in [0.1, 0.15) is 6.42 Å². The molecule has 0 amide bonds. The van der Waals surface area contributed by atoms with Gasteiger partial charge in [0.25, 0.3) is 0 Å². The molecule has 0 aromatic heterocycles. The van der Waals surface area contributed by atoms with Crippen molar-refractivity contribution in [2.75, 3.05) is 14.2 Å². The molecule has 2 aliphatic carbocycles. The molecular formula is C10H10Cl4O4. The van der Waals surface area contributed by atoms with Gasteiger partial charge in [-0.1, -0.05) is 23.2 Å². The van der Waals surface area contributed by atoms with E-state index in [1.807, 2.05) is 0 Å². The summed E-state index contributed by atoms with van der Waals surface area (Å²) in [7, 11) is 2.64. The Hall–Kier alpha value is 0.290. The Morgan fingerprint density at radius 2 is 1.78 bits per heavy atom. The second-order valence-electron chi connectivity index (χ2n) is 4.26. The Kier molecular flexibility index (Phi) is 3.38. The van der Waals surface area contributed by atoms with Gasteiger partial charge in [0.1, 0.15) is 4.87 Å². The van der Waals surface area contributed by atoms with Gasteiger partial charge in [-0.05, 0) is 6.42 Å². The number of ether oxygens (including phenoxy) is 2. The van der Waals surface area contributed by atoms with Crippen molar-refractivity contribution in [3.8, 4) is 0 Å². The summed E-state index contributed by atoms with van der Waals surface area (Å²) in [4.78, 5) is 8.29. The summed E-state index contributed by atoms with van der Waals surface area (Å²) in [5.74, 6) is -3.79. The van der Waals surface area contributed by atoms with Crippen molar-refractivity contribution in [3.05, 3.63) is 10.1 Å². The molecule has 1 fully saturated rings. The number of aliphatic carboxylic acids is 1. The summed E-state index contributed by atoms with van der Waals surface area (Å²) < 4.78 is 10.6. The van der Waals surface area contributed by atoms with Gasteiger partial charge in [0, 0.05) is 14.2 Å². The molecule has 8 heteroatoms. The quantitative estimate of drug-likeness (QED) is 0.636. The fourth-order valence-corrected chi connectivity index (χ4v) is 4.95. The Morgan fingerprint density at radius 1 is 1.28 bits per heavy atom. The molecule has 3 atom stereocenters. The highest BCUT2D eigenvalue weighted by Crippen LogP contribution is 2.71. The molecule has 1 N–H and O–H groups in total. The number of alkyl halides is 2. The largest absolute Gasteiger partial charge is 0.481 e. The van der Waals surface area contributed by atoms with Crippen LogP contribution in [0.3, 0.4) is 0 Å². The summed E-state index contributed by atoms with van der Waals surface area (Å²) in [6, 6.07) is 0. The van der Waals surface area contributed by atoms with Crippen LogP contribution in [-0.4, -0.2) is 40.8 Å². The molecule has 1 saturated carbocycles. The molecule has 0 aromatic carbocycles. The molecule has 102 valence electrons. The highest BCUT2D eigenvalue weighted by molar-refractivity contribution is 6.52. The maximum Gasteiger partial charge on any atom is 0.308 e. The fraction of sp³-hybridized carbons (Fsp3) is 0.700. The zero-order valence-corrected chi connectivity index (χ0v) is 12.5. The predicted molar refractivity (Wildman–Crippen MR) is 68.4 cm³/mol. The third kappa shape index (κ3) is 1.25. The van der Waals surface area contributed by atoms with Crippen LogP contribution in [-0.2, 0) is 14.3 Å². The third-order valence-electron chi connectivity index (χ3n) is 3.70. The van der Waals surface area contributed by atoms with E-state index >= 15 is 0 Å². The van der Waals surface area contributed by atoms with Gasteiger partial charge in [-0.3, -0.25) is 4.79 Å². The number of hydrogen-bond donors (Lipinski definition) is 1. The zero-order valence-electron chi connectivity index (χ0n) is 9.47. The number of fused-ring (bicyclic) bond motifs is 2. The standard InChI is InChI=1S/C10H10Cl4O4/c1-17-10(18-2)8(13)3-4(7(15)16)9(10,14)6(12)5(8)11/h4H,3H2,1-2H3,(H,15,16). The summed E-state index contributed by atoms with van der Waals surface area (Å²) in [6.07, 6.45) is -0.0237. The highest BCUT2D eigenvalue weighted by atomic mass is 35.5. The summed E-state index contributed by atoms with van der Waals surface area (Å²) in [5.41, 5.74) is 0. The van der Waals surface area contributed by atoms with Gasteiger partial charge in [0.05, 0.1) is 16.0 Å². The van der Waals surface area contributed by atoms with E-state index in [0.29, 0.717) is 0 Å². The lowest BCUT2D eigenvalue weighted by Crippen LogP contribution is -2.57.